The van der Waals surface area contributed by atoms with Crippen molar-refractivity contribution in [2.24, 2.45) is 14.1 Å². The third-order valence-corrected chi connectivity index (χ3v) is 11.8. The van der Waals surface area contributed by atoms with Crippen molar-refractivity contribution in [3.8, 4) is 16.9 Å². The summed E-state index contributed by atoms with van der Waals surface area (Å²) in [6, 6.07) is 16.1. The Bertz CT molecular complexity index is 2280. The molecule has 6 aromatic rings. The van der Waals surface area contributed by atoms with Crippen LogP contribution in [0.25, 0.3) is 32.8 Å². The molecular weight excluding hydrogens is 701 g/mol. The molecule has 0 unspecified atom stereocenters. The zero-order valence-corrected chi connectivity index (χ0v) is 30.1. The van der Waals surface area contributed by atoms with E-state index in [4.69, 9.17) is 42.9 Å². The highest BCUT2D eigenvalue weighted by molar-refractivity contribution is 7.98. The minimum atomic E-state index is -0.984. The number of fused-ring (bicyclic) bond motifs is 10. The van der Waals surface area contributed by atoms with E-state index >= 15 is 0 Å². The topological polar surface area (TPSA) is 96.3 Å². The Morgan fingerprint density at radius 2 is 1.84 bits per heavy atom. The Labute approximate surface area is 301 Å². The van der Waals surface area contributed by atoms with Gasteiger partial charge in [0.2, 0.25) is 0 Å². The standard InChI is InChI=1S/C36H33Cl2N5O4S2/c1-41-34-26-7-8-28(38)32(34)33-29(40-43-9-11-46-16-30(33)43)19-48-17-22-14-23(42(2)39-22)18-49-24-12-20-5-6-21(37)13-27(20)31(15-24)47-10-3-4-25(26)35(41)36(44)45/h5-8,12-15H,3-4,9-11,16-19H2,1-2H3,(H,44,45). The Kier molecular flexibility index (Phi) is 8.82. The number of rotatable bonds is 1. The molecule has 252 valence electrons. The summed E-state index contributed by atoms with van der Waals surface area (Å²) in [4.78, 5) is 13.9. The largest absolute Gasteiger partial charge is 0.493 e. The van der Waals surface area contributed by atoms with Crippen LogP contribution >= 0.6 is 46.7 Å². The number of thioether (sulfide) groups is 2. The van der Waals surface area contributed by atoms with Crippen LogP contribution in [0.5, 0.6) is 5.75 Å². The molecule has 8 rings (SSSR count). The number of halogens is 2. The van der Waals surface area contributed by atoms with Crippen molar-refractivity contribution in [1.82, 2.24) is 24.1 Å². The maximum absolute atomic E-state index is 12.8. The lowest BCUT2D eigenvalue weighted by molar-refractivity contribution is 0.0685. The van der Waals surface area contributed by atoms with Gasteiger partial charge >= 0.3 is 5.97 Å². The summed E-state index contributed by atoms with van der Waals surface area (Å²) in [5.41, 5.74) is 7.47. The van der Waals surface area contributed by atoms with Gasteiger partial charge in [0, 0.05) is 68.9 Å². The molecule has 9 nitrogen and oxygen atoms in total. The summed E-state index contributed by atoms with van der Waals surface area (Å²) < 4.78 is 18.1. The summed E-state index contributed by atoms with van der Waals surface area (Å²) in [6.07, 6.45) is 1.11. The molecule has 0 saturated heterocycles. The van der Waals surface area contributed by atoms with Crippen molar-refractivity contribution in [3.05, 3.63) is 92.6 Å². The quantitative estimate of drug-likeness (QED) is 0.180. The van der Waals surface area contributed by atoms with E-state index < -0.39 is 5.97 Å². The smallest absolute Gasteiger partial charge is 0.352 e. The number of carbonyl (C=O) groups is 1. The number of aromatic nitrogens is 5. The Morgan fingerprint density at radius 3 is 2.69 bits per heavy atom. The van der Waals surface area contributed by atoms with E-state index in [0.29, 0.717) is 60.8 Å². The molecule has 13 heteroatoms. The van der Waals surface area contributed by atoms with Crippen LogP contribution in [-0.2, 0) is 55.7 Å². The minimum absolute atomic E-state index is 0.246. The van der Waals surface area contributed by atoms with Gasteiger partial charge in [-0.05, 0) is 60.2 Å². The second kappa shape index (κ2) is 13.3. The lowest BCUT2D eigenvalue weighted by atomic mass is 9.98. The lowest BCUT2D eigenvalue weighted by Gasteiger charge is -2.17. The molecule has 3 aromatic carbocycles. The number of nitrogens with zero attached hydrogens (tertiary/aromatic N) is 5. The molecule has 49 heavy (non-hydrogen) atoms. The fourth-order valence-corrected chi connectivity index (χ4v) is 9.30. The van der Waals surface area contributed by atoms with Gasteiger partial charge in [-0.15, -0.1) is 23.5 Å². The van der Waals surface area contributed by atoms with Crippen LogP contribution in [-0.4, -0.2) is 48.4 Å². The Morgan fingerprint density at radius 1 is 0.959 bits per heavy atom. The molecule has 0 radical (unpaired) electrons. The normalized spacial score (nSPS) is 15.5. The molecule has 2 aliphatic heterocycles. The predicted octanol–water partition coefficient (Wildman–Crippen LogP) is 8.51. The number of carboxylic acid groups (broad SMARTS) is 1. The first-order valence-electron chi connectivity index (χ1n) is 16.0. The van der Waals surface area contributed by atoms with E-state index in [9.17, 15) is 9.90 Å². The second-order valence-electron chi connectivity index (χ2n) is 12.3. The predicted molar refractivity (Wildman–Crippen MR) is 196 cm³/mol. The van der Waals surface area contributed by atoms with Gasteiger partial charge in [0.15, 0.2) is 0 Å². The Hall–Kier alpha value is -3.61. The van der Waals surface area contributed by atoms with Crippen LogP contribution in [0, 0.1) is 0 Å². The second-order valence-corrected chi connectivity index (χ2v) is 15.2. The maximum Gasteiger partial charge on any atom is 0.352 e. The molecule has 0 saturated carbocycles. The van der Waals surface area contributed by atoms with Crippen molar-refractivity contribution in [1.29, 1.82) is 0 Å². The van der Waals surface area contributed by atoms with E-state index in [1.807, 2.05) is 53.8 Å². The highest BCUT2D eigenvalue weighted by Gasteiger charge is 2.29. The molecule has 0 atom stereocenters. The van der Waals surface area contributed by atoms with Crippen LogP contribution in [0.4, 0.5) is 0 Å². The number of hydrogen-bond donors (Lipinski definition) is 1. The molecule has 1 N–H and O–H groups in total. The molecule has 3 aromatic heterocycles. The van der Waals surface area contributed by atoms with Gasteiger partial charge in [-0.25, -0.2) is 4.79 Å². The first-order chi connectivity index (χ1) is 23.8. The Balaban J connectivity index is 1.27. The summed E-state index contributed by atoms with van der Waals surface area (Å²) in [7, 11) is 3.80. The van der Waals surface area contributed by atoms with Gasteiger partial charge in [0.05, 0.1) is 54.0 Å². The van der Waals surface area contributed by atoms with Gasteiger partial charge in [-0.2, -0.15) is 10.2 Å². The zero-order chi connectivity index (χ0) is 33.8. The number of carboxylic acids is 1. The van der Waals surface area contributed by atoms with Crippen molar-refractivity contribution >= 4 is 74.4 Å². The lowest BCUT2D eigenvalue weighted by Crippen LogP contribution is -2.17. The molecule has 0 spiro atoms. The molecule has 0 aliphatic carbocycles. The number of ether oxygens (including phenoxy) is 2. The van der Waals surface area contributed by atoms with E-state index in [0.717, 1.165) is 77.5 Å². The molecular formula is C36H33Cl2N5O4S2. The highest BCUT2D eigenvalue weighted by atomic mass is 35.5. The monoisotopic (exact) mass is 733 g/mol. The number of aromatic carboxylic acids is 1. The SMILES string of the molecule is Cn1nc2cc1CSc1cc(c3cc(Cl)ccc3c1)OCCCc1c(C(=O)O)n(C)c3c(c(Cl)ccc13)-c1c(nn3c1COCC3)CSC2. The van der Waals surface area contributed by atoms with Crippen LogP contribution in [0.1, 0.15) is 45.2 Å². The molecule has 0 fully saturated rings. The fraction of sp³-hybridized carbons (Fsp3) is 0.306. The van der Waals surface area contributed by atoms with Crippen LogP contribution in [0.15, 0.2) is 53.4 Å². The first-order valence-corrected chi connectivity index (χ1v) is 18.9. The van der Waals surface area contributed by atoms with Crippen molar-refractivity contribution in [2.45, 2.75) is 48.1 Å². The number of aryl methyl sites for hydroxylation is 3. The van der Waals surface area contributed by atoms with Gasteiger partial charge in [0.1, 0.15) is 11.4 Å². The molecule has 2 aliphatic rings. The maximum atomic E-state index is 12.8. The van der Waals surface area contributed by atoms with Crippen molar-refractivity contribution < 1.29 is 19.4 Å². The molecule has 8 bridgehead atoms. The van der Waals surface area contributed by atoms with Gasteiger partial charge in [0.25, 0.3) is 0 Å². The summed E-state index contributed by atoms with van der Waals surface area (Å²) in [6.45, 7) is 2.03. The van der Waals surface area contributed by atoms with E-state index in [2.05, 4.69) is 18.2 Å². The van der Waals surface area contributed by atoms with Crippen molar-refractivity contribution in [3.63, 3.8) is 0 Å². The highest BCUT2D eigenvalue weighted by Crippen LogP contribution is 2.44. The zero-order valence-electron chi connectivity index (χ0n) is 27.0. The van der Waals surface area contributed by atoms with E-state index in [-0.39, 0.29) is 5.69 Å². The first kappa shape index (κ1) is 32.6. The van der Waals surface area contributed by atoms with E-state index in [1.54, 1.807) is 28.1 Å². The number of benzene rings is 3. The third-order valence-electron chi connectivity index (χ3n) is 9.26. The molecule has 0 amide bonds. The average molecular weight is 735 g/mol. The average Bonchev–Trinajstić information content (AvgIpc) is 3.72. The van der Waals surface area contributed by atoms with Gasteiger partial charge in [-0.3, -0.25) is 9.36 Å². The third kappa shape index (κ3) is 5.99. The minimum Gasteiger partial charge on any atom is -0.493 e. The fourth-order valence-electron chi connectivity index (χ4n) is 7.05. The molecule has 5 heterocycles. The number of hydrogen-bond acceptors (Lipinski definition) is 7. The van der Waals surface area contributed by atoms with Crippen LogP contribution in [0.3, 0.4) is 0 Å². The van der Waals surface area contributed by atoms with Gasteiger partial charge < -0.3 is 19.1 Å². The summed E-state index contributed by atoms with van der Waals surface area (Å²) >= 11 is 17.0. The van der Waals surface area contributed by atoms with Crippen LogP contribution in [0.2, 0.25) is 10.0 Å². The summed E-state index contributed by atoms with van der Waals surface area (Å²) in [5, 5.41) is 24.4. The van der Waals surface area contributed by atoms with Crippen molar-refractivity contribution in [2.75, 3.05) is 13.2 Å². The van der Waals surface area contributed by atoms with E-state index in [1.165, 1.54) is 0 Å². The van der Waals surface area contributed by atoms with Gasteiger partial charge in [-0.1, -0.05) is 35.3 Å². The van der Waals surface area contributed by atoms with Crippen LogP contribution < -0.4 is 4.74 Å². The summed E-state index contributed by atoms with van der Waals surface area (Å²) in [5.74, 6) is 1.86.